The second-order valence-corrected chi connectivity index (χ2v) is 5.80. The molecule has 0 fully saturated rings. The minimum atomic E-state index is 0.0645. The number of alkyl halides is 1. The van der Waals surface area contributed by atoms with Gasteiger partial charge in [-0.2, -0.15) is 0 Å². The third-order valence-corrected chi connectivity index (χ3v) is 4.79. The van der Waals surface area contributed by atoms with Crippen molar-refractivity contribution in [2.75, 3.05) is 0 Å². The molecule has 2 aromatic rings. The molecule has 1 atom stereocenters. The maximum atomic E-state index is 6.23. The third-order valence-electron chi connectivity index (χ3n) is 2.94. The van der Waals surface area contributed by atoms with Crippen LogP contribution < -0.4 is 0 Å². The van der Waals surface area contributed by atoms with Crippen molar-refractivity contribution in [1.29, 1.82) is 0 Å². The molecule has 0 aliphatic heterocycles. The average molecular weight is 344 g/mol. The van der Waals surface area contributed by atoms with Crippen LogP contribution >= 0.6 is 39.1 Å². The van der Waals surface area contributed by atoms with Crippen LogP contribution in [0.5, 0.6) is 0 Å². The van der Waals surface area contributed by atoms with E-state index in [0.29, 0.717) is 10.0 Å². The maximum absolute atomic E-state index is 6.23. The van der Waals surface area contributed by atoms with Crippen molar-refractivity contribution in [2.45, 2.75) is 18.2 Å². The Balaban J connectivity index is 2.35. The summed E-state index contributed by atoms with van der Waals surface area (Å²) < 4.78 is 0. The summed E-state index contributed by atoms with van der Waals surface area (Å²) in [5.41, 5.74) is 3.50. The van der Waals surface area contributed by atoms with Crippen molar-refractivity contribution in [1.82, 2.24) is 0 Å². The van der Waals surface area contributed by atoms with Gasteiger partial charge in [-0.1, -0.05) is 82.5 Å². The van der Waals surface area contributed by atoms with Gasteiger partial charge in [-0.25, -0.2) is 0 Å². The van der Waals surface area contributed by atoms with Crippen molar-refractivity contribution < 1.29 is 0 Å². The highest BCUT2D eigenvalue weighted by atomic mass is 79.9. The summed E-state index contributed by atoms with van der Waals surface area (Å²) in [7, 11) is 0. The first kappa shape index (κ1) is 13.9. The summed E-state index contributed by atoms with van der Waals surface area (Å²) in [4.78, 5) is 0.0645. The first-order valence-electron chi connectivity index (χ1n) is 5.80. The molecule has 18 heavy (non-hydrogen) atoms. The number of aryl methyl sites for hydroxylation is 1. The fraction of sp³-hybridized carbons (Fsp3) is 0.200. The van der Waals surface area contributed by atoms with E-state index in [1.807, 2.05) is 12.1 Å². The molecule has 0 heterocycles. The summed E-state index contributed by atoms with van der Waals surface area (Å²) in [5, 5.41) is 1.20. The van der Waals surface area contributed by atoms with E-state index in [9.17, 15) is 0 Å². The summed E-state index contributed by atoms with van der Waals surface area (Å²) in [6.45, 7) is 2.15. The molecule has 0 radical (unpaired) electrons. The second-order valence-electron chi connectivity index (χ2n) is 4.10. The summed E-state index contributed by atoms with van der Waals surface area (Å²) in [5.74, 6) is 0. The lowest BCUT2D eigenvalue weighted by Gasteiger charge is -2.13. The number of halogens is 3. The van der Waals surface area contributed by atoms with Crippen LogP contribution in [0.1, 0.15) is 28.4 Å². The molecule has 94 valence electrons. The largest absolute Gasteiger partial charge is 0.0827 e. The van der Waals surface area contributed by atoms with E-state index >= 15 is 0 Å². The van der Waals surface area contributed by atoms with Crippen LogP contribution in [0.15, 0.2) is 42.5 Å². The van der Waals surface area contributed by atoms with Gasteiger partial charge in [0, 0.05) is 0 Å². The first-order chi connectivity index (χ1) is 8.63. The van der Waals surface area contributed by atoms with Gasteiger partial charge in [-0.05, 0) is 29.2 Å². The minimum Gasteiger partial charge on any atom is -0.0827 e. The van der Waals surface area contributed by atoms with Crippen molar-refractivity contribution in [3.63, 3.8) is 0 Å². The second kappa shape index (κ2) is 6.10. The van der Waals surface area contributed by atoms with Gasteiger partial charge in [0.2, 0.25) is 0 Å². The summed E-state index contributed by atoms with van der Waals surface area (Å²) in [6, 6.07) is 14.2. The Hall–Kier alpha value is -0.500. The lowest BCUT2D eigenvalue weighted by Crippen LogP contribution is -1.94. The van der Waals surface area contributed by atoms with Crippen molar-refractivity contribution in [3.8, 4) is 0 Å². The monoisotopic (exact) mass is 342 g/mol. The van der Waals surface area contributed by atoms with Crippen LogP contribution in [0.25, 0.3) is 0 Å². The SMILES string of the molecule is CCc1ccc(C(Br)c2cccc(Cl)c2Cl)cc1. The number of rotatable bonds is 3. The zero-order valence-electron chi connectivity index (χ0n) is 9.96. The van der Waals surface area contributed by atoms with Gasteiger partial charge < -0.3 is 0 Å². The zero-order valence-corrected chi connectivity index (χ0v) is 13.1. The Morgan fingerprint density at radius 1 is 1.06 bits per heavy atom. The molecule has 0 spiro atoms. The maximum Gasteiger partial charge on any atom is 0.0659 e. The van der Waals surface area contributed by atoms with E-state index in [0.717, 1.165) is 12.0 Å². The van der Waals surface area contributed by atoms with Gasteiger partial charge >= 0.3 is 0 Å². The molecule has 2 aromatic carbocycles. The molecule has 0 bridgehead atoms. The molecule has 0 saturated heterocycles. The fourth-order valence-electron chi connectivity index (χ4n) is 1.82. The van der Waals surface area contributed by atoms with E-state index in [1.165, 1.54) is 11.1 Å². The van der Waals surface area contributed by atoms with Crippen molar-refractivity contribution in [2.24, 2.45) is 0 Å². The van der Waals surface area contributed by atoms with Crippen LogP contribution in [0.2, 0.25) is 10.0 Å². The van der Waals surface area contributed by atoms with E-state index in [4.69, 9.17) is 23.2 Å². The molecule has 3 heteroatoms. The lowest BCUT2D eigenvalue weighted by atomic mass is 10.0. The smallest absolute Gasteiger partial charge is 0.0659 e. The molecule has 0 saturated carbocycles. The van der Waals surface area contributed by atoms with E-state index < -0.39 is 0 Å². The predicted octanol–water partition coefficient (Wildman–Crippen LogP) is 6.04. The Bertz CT molecular complexity index is 535. The topological polar surface area (TPSA) is 0 Å². The number of hydrogen-bond acceptors (Lipinski definition) is 0. The predicted molar refractivity (Wildman–Crippen MR) is 83.1 cm³/mol. The van der Waals surface area contributed by atoms with Crippen LogP contribution in [-0.2, 0) is 6.42 Å². The van der Waals surface area contributed by atoms with Gasteiger partial charge in [0.05, 0.1) is 14.9 Å². The fourth-order valence-corrected chi connectivity index (χ4v) is 3.05. The molecule has 1 unspecified atom stereocenters. The minimum absolute atomic E-state index is 0.0645. The Morgan fingerprint density at radius 3 is 2.33 bits per heavy atom. The van der Waals surface area contributed by atoms with Crippen LogP contribution in [0.3, 0.4) is 0 Å². The zero-order chi connectivity index (χ0) is 13.1. The molecule has 2 rings (SSSR count). The third kappa shape index (κ3) is 2.90. The van der Waals surface area contributed by atoms with Crippen LogP contribution in [-0.4, -0.2) is 0 Å². The van der Waals surface area contributed by atoms with Crippen molar-refractivity contribution in [3.05, 3.63) is 69.2 Å². The number of hydrogen-bond donors (Lipinski definition) is 0. The van der Waals surface area contributed by atoms with Crippen molar-refractivity contribution >= 4 is 39.1 Å². The standard InChI is InChI=1S/C15H13BrCl2/c1-2-10-6-8-11(9-7-10)14(16)12-4-3-5-13(17)15(12)18/h3-9,14H,2H2,1H3. The van der Waals surface area contributed by atoms with Gasteiger partial charge in [0.25, 0.3) is 0 Å². The molecule has 0 nitrogen and oxygen atoms in total. The molecule has 0 aromatic heterocycles. The molecule has 0 N–H and O–H groups in total. The average Bonchev–Trinajstić information content (AvgIpc) is 2.41. The van der Waals surface area contributed by atoms with E-state index in [1.54, 1.807) is 6.07 Å². The quantitative estimate of drug-likeness (QED) is 0.596. The molecular formula is C15H13BrCl2. The van der Waals surface area contributed by atoms with Crippen LogP contribution in [0, 0.1) is 0 Å². The van der Waals surface area contributed by atoms with E-state index in [-0.39, 0.29) is 4.83 Å². The number of benzene rings is 2. The van der Waals surface area contributed by atoms with Gasteiger partial charge in [0.15, 0.2) is 0 Å². The Morgan fingerprint density at radius 2 is 1.72 bits per heavy atom. The highest BCUT2D eigenvalue weighted by Crippen LogP contribution is 2.38. The first-order valence-corrected chi connectivity index (χ1v) is 7.47. The Kier molecular flexibility index (Phi) is 4.71. The molecule has 0 aliphatic carbocycles. The normalized spacial score (nSPS) is 12.4. The van der Waals surface area contributed by atoms with E-state index in [2.05, 4.69) is 47.1 Å². The summed E-state index contributed by atoms with van der Waals surface area (Å²) in [6.07, 6.45) is 1.05. The highest BCUT2D eigenvalue weighted by molar-refractivity contribution is 9.09. The van der Waals surface area contributed by atoms with Gasteiger partial charge in [-0.15, -0.1) is 0 Å². The molecular weight excluding hydrogens is 331 g/mol. The molecule has 0 aliphatic rings. The highest BCUT2D eigenvalue weighted by Gasteiger charge is 2.15. The molecule has 0 amide bonds. The lowest BCUT2D eigenvalue weighted by molar-refractivity contribution is 1.12. The van der Waals surface area contributed by atoms with Gasteiger partial charge in [-0.3, -0.25) is 0 Å². The van der Waals surface area contributed by atoms with Gasteiger partial charge in [0.1, 0.15) is 0 Å². The Labute approximate surface area is 126 Å². The summed E-state index contributed by atoms with van der Waals surface area (Å²) >= 11 is 16.0. The van der Waals surface area contributed by atoms with Crippen LogP contribution in [0.4, 0.5) is 0 Å².